The van der Waals surface area contributed by atoms with Crippen molar-refractivity contribution in [3.63, 3.8) is 0 Å². The summed E-state index contributed by atoms with van der Waals surface area (Å²) in [5.74, 6) is -0.128. The van der Waals surface area contributed by atoms with Gasteiger partial charge in [0.25, 0.3) is 0 Å². The van der Waals surface area contributed by atoms with E-state index in [9.17, 15) is 4.79 Å². The Bertz CT molecular complexity index is 418. The molecule has 0 radical (unpaired) electrons. The maximum Gasteiger partial charge on any atom is 0.233 e. The summed E-state index contributed by atoms with van der Waals surface area (Å²) >= 11 is 4.97. The van der Waals surface area contributed by atoms with Crippen molar-refractivity contribution in [2.45, 2.75) is 39.8 Å². The van der Waals surface area contributed by atoms with E-state index in [4.69, 9.17) is 18.0 Å². The van der Waals surface area contributed by atoms with E-state index < -0.39 is 5.41 Å². The van der Waals surface area contributed by atoms with Crippen LogP contribution in [0.1, 0.15) is 27.2 Å². The van der Waals surface area contributed by atoms with Crippen LogP contribution in [0.5, 0.6) is 0 Å². The molecule has 0 saturated heterocycles. The second kappa shape index (κ2) is 5.95. The van der Waals surface area contributed by atoms with Crippen molar-refractivity contribution < 1.29 is 4.79 Å². The van der Waals surface area contributed by atoms with E-state index in [0.717, 1.165) is 0 Å². The highest BCUT2D eigenvalue weighted by atomic mass is 32.1. The van der Waals surface area contributed by atoms with Gasteiger partial charge in [0.2, 0.25) is 5.91 Å². The highest BCUT2D eigenvalue weighted by molar-refractivity contribution is 7.80. The lowest BCUT2D eigenvalue weighted by molar-refractivity contribution is -0.127. The molecule has 0 fully saturated rings. The maximum atomic E-state index is 12.2. The smallest absolute Gasteiger partial charge is 0.233 e. The van der Waals surface area contributed by atoms with Gasteiger partial charge in [0.05, 0.1) is 16.9 Å². The zero-order valence-electron chi connectivity index (χ0n) is 11.0. The third-order valence-corrected chi connectivity index (χ3v) is 3.60. The van der Waals surface area contributed by atoms with E-state index in [1.165, 1.54) is 0 Å². The Morgan fingerprint density at radius 3 is 2.78 bits per heavy atom. The Hall–Kier alpha value is -1.43. The van der Waals surface area contributed by atoms with Crippen molar-refractivity contribution >= 4 is 23.1 Å². The van der Waals surface area contributed by atoms with Gasteiger partial charge in [-0.15, -0.1) is 0 Å². The number of nitrogens with zero attached hydrogens (tertiary/aromatic N) is 2. The molecule has 5 nitrogen and oxygen atoms in total. The van der Waals surface area contributed by atoms with Crippen molar-refractivity contribution in [2.24, 2.45) is 11.1 Å². The van der Waals surface area contributed by atoms with Crippen LogP contribution in [0.3, 0.4) is 0 Å². The third kappa shape index (κ3) is 3.29. The Morgan fingerprint density at radius 2 is 2.33 bits per heavy atom. The van der Waals surface area contributed by atoms with Gasteiger partial charge in [0.15, 0.2) is 0 Å². The molecule has 0 spiro atoms. The molecule has 2 atom stereocenters. The van der Waals surface area contributed by atoms with Crippen molar-refractivity contribution in [3.8, 4) is 0 Å². The van der Waals surface area contributed by atoms with Crippen molar-refractivity contribution in [1.82, 2.24) is 15.1 Å². The topological polar surface area (TPSA) is 72.9 Å². The lowest BCUT2D eigenvalue weighted by Gasteiger charge is -2.27. The van der Waals surface area contributed by atoms with Crippen molar-refractivity contribution in [2.75, 3.05) is 0 Å². The van der Waals surface area contributed by atoms with Crippen LogP contribution in [-0.2, 0) is 11.3 Å². The Morgan fingerprint density at radius 1 is 1.67 bits per heavy atom. The molecule has 0 aliphatic rings. The summed E-state index contributed by atoms with van der Waals surface area (Å²) in [6.45, 7) is 6.22. The van der Waals surface area contributed by atoms with Gasteiger partial charge < -0.3 is 11.1 Å². The van der Waals surface area contributed by atoms with Crippen molar-refractivity contribution in [3.05, 3.63) is 18.5 Å². The van der Waals surface area contributed by atoms with Crippen LogP contribution in [0.4, 0.5) is 0 Å². The van der Waals surface area contributed by atoms with Gasteiger partial charge in [-0.05, 0) is 26.3 Å². The average Bonchev–Trinajstić information content (AvgIpc) is 2.79. The monoisotopic (exact) mass is 268 g/mol. The van der Waals surface area contributed by atoms with Crippen LogP contribution in [0.2, 0.25) is 0 Å². The van der Waals surface area contributed by atoms with Crippen LogP contribution in [0.15, 0.2) is 18.5 Å². The van der Waals surface area contributed by atoms with Gasteiger partial charge in [-0.1, -0.05) is 19.1 Å². The van der Waals surface area contributed by atoms with E-state index >= 15 is 0 Å². The molecule has 0 saturated carbocycles. The normalized spacial score (nSPS) is 15.7. The molecule has 3 N–H and O–H groups in total. The molecule has 0 aliphatic carbocycles. The zero-order valence-corrected chi connectivity index (χ0v) is 11.8. The Kier molecular flexibility index (Phi) is 4.84. The minimum Gasteiger partial charge on any atom is -0.392 e. The molecule has 1 amide bonds. The number of thiocarbonyl (C=S) groups is 1. The molecule has 1 aromatic heterocycles. The predicted octanol–water partition coefficient (Wildman–Crippen LogP) is 1.09. The molecule has 0 bridgehead atoms. The molecule has 6 heteroatoms. The Balaban J connectivity index is 2.61. The Labute approximate surface area is 113 Å². The quantitative estimate of drug-likeness (QED) is 0.758. The van der Waals surface area contributed by atoms with Crippen LogP contribution >= 0.6 is 12.2 Å². The molecule has 100 valence electrons. The van der Waals surface area contributed by atoms with E-state index in [2.05, 4.69) is 10.4 Å². The number of rotatable bonds is 6. The van der Waals surface area contributed by atoms with Gasteiger partial charge in [-0.25, -0.2) is 0 Å². The molecule has 0 aliphatic heterocycles. The van der Waals surface area contributed by atoms with Crippen LogP contribution in [0, 0.1) is 5.41 Å². The van der Waals surface area contributed by atoms with Gasteiger partial charge in [0, 0.05) is 18.4 Å². The summed E-state index contributed by atoms with van der Waals surface area (Å²) in [5, 5.41) is 7.02. The molecular weight excluding hydrogens is 248 g/mol. The van der Waals surface area contributed by atoms with Crippen LogP contribution in [-0.4, -0.2) is 26.7 Å². The fourth-order valence-corrected chi connectivity index (χ4v) is 1.80. The number of nitrogens with one attached hydrogen (secondary N) is 1. The second-order valence-corrected chi connectivity index (χ2v) is 5.09. The summed E-state index contributed by atoms with van der Waals surface area (Å²) < 4.78 is 1.77. The summed E-state index contributed by atoms with van der Waals surface area (Å²) in [7, 11) is 0. The molecular formula is C12H20N4OS. The molecule has 1 aromatic rings. The molecule has 0 aromatic carbocycles. The number of hydrogen-bond donors (Lipinski definition) is 2. The lowest BCUT2D eigenvalue weighted by atomic mass is 9.86. The first-order valence-corrected chi connectivity index (χ1v) is 6.39. The number of carbonyl (C=O) groups is 1. The average molecular weight is 268 g/mol. The third-order valence-electron chi connectivity index (χ3n) is 3.15. The van der Waals surface area contributed by atoms with Gasteiger partial charge in [-0.2, -0.15) is 5.10 Å². The number of hydrogen-bond acceptors (Lipinski definition) is 3. The largest absolute Gasteiger partial charge is 0.392 e. The zero-order chi connectivity index (χ0) is 13.8. The predicted molar refractivity (Wildman–Crippen MR) is 75.0 cm³/mol. The SMILES string of the molecule is CCC(C)(C(=O)NC(C)Cn1cccn1)C(N)=S. The van der Waals surface area contributed by atoms with E-state index in [0.29, 0.717) is 13.0 Å². The number of carbonyl (C=O) groups excluding carboxylic acids is 1. The highest BCUT2D eigenvalue weighted by Gasteiger charge is 2.35. The molecule has 1 heterocycles. The van der Waals surface area contributed by atoms with Gasteiger partial charge in [0.1, 0.15) is 0 Å². The maximum absolute atomic E-state index is 12.2. The van der Waals surface area contributed by atoms with E-state index in [-0.39, 0.29) is 16.9 Å². The molecule has 2 unspecified atom stereocenters. The summed E-state index contributed by atoms with van der Waals surface area (Å²) in [4.78, 5) is 12.4. The van der Waals surface area contributed by atoms with Crippen LogP contribution < -0.4 is 11.1 Å². The number of nitrogens with two attached hydrogens (primary N) is 1. The fourth-order valence-electron chi connectivity index (χ4n) is 1.56. The first-order valence-electron chi connectivity index (χ1n) is 5.98. The van der Waals surface area contributed by atoms with Crippen LogP contribution in [0.25, 0.3) is 0 Å². The van der Waals surface area contributed by atoms with E-state index in [1.807, 2.05) is 26.1 Å². The summed E-state index contributed by atoms with van der Waals surface area (Å²) in [5.41, 5.74) is 4.86. The molecule has 18 heavy (non-hydrogen) atoms. The second-order valence-electron chi connectivity index (χ2n) is 4.65. The fraction of sp³-hybridized carbons (Fsp3) is 0.583. The van der Waals surface area contributed by atoms with Gasteiger partial charge >= 0.3 is 0 Å². The summed E-state index contributed by atoms with van der Waals surface area (Å²) in [6.07, 6.45) is 4.15. The minimum absolute atomic E-state index is 0.0300. The highest BCUT2D eigenvalue weighted by Crippen LogP contribution is 2.21. The van der Waals surface area contributed by atoms with E-state index in [1.54, 1.807) is 17.8 Å². The van der Waals surface area contributed by atoms with Crippen molar-refractivity contribution in [1.29, 1.82) is 0 Å². The standard InChI is InChI=1S/C12H20N4OS/c1-4-12(3,10(13)18)11(17)15-9(2)8-16-7-5-6-14-16/h5-7,9H,4,8H2,1-3H3,(H2,13,18)(H,15,17). The minimum atomic E-state index is -0.784. The lowest BCUT2D eigenvalue weighted by Crippen LogP contribution is -2.49. The first-order chi connectivity index (χ1) is 8.40. The number of aromatic nitrogens is 2. The number of amides is 1. The first kappa shape index (κ1) is 14.6. The summed E-state index contributed by atoms with van der Waals surface area (Å²) in [6, 6.07) is 1.82. The van der Waals surface area contributed by atoms with Gasteiger partial charge in [-0.3, -0.25) is 9.48 Å². The molecule has 1 rings (SSSR count).